The van der Waals surface area contributed by atoms with Crippen LogP contribution in [0.5, 0.6) is 5.75 Å². The SMILES string of the molecule is CCCOc1ccc(C(C)=O)cc1-c1nc2c(CC)nn(C(C)CCC(=O)O)c2c(=O)[nH]1. The van der Waals surface area contributed by atoms with Crippen LogP contribution in [0.15, 0.2) is 23.0 Å². The predicted octanol–water partition coefficient (Wildman–Crippen LogP) is 3.77. The molecular formula is C23H28N4O5. The molecule has 0 bridgehead atoms. The maximum atomic E-state index is 13.1. The largest absolute Gasteiger partial charge is 0.493 e. The first-order valence-electron chi connectivity index (χ1n) is 10.8. The van der Waals surface area contributed by atoms with Crippen molar-refractivity contribution < 1.29 is 19.4 Å². The number of carboxylic acid groups (broad SMARTS) is 1. The molecule has 9 nitrogen and oxygen atoms in total. The van der Waals surface area contributed by atoms with Gasteiger partial charge >= 0.3 is 5.97 Å². The fourth-order valence-electron chi connectivity index (χ4n) is 3.52. The summed E-state index contributed by atoms with van der Waals surface area (Å²) in [5.41, 5.74) is 2.05. The summed E-state index contributed by atoms with van der Waals surface area (Å²) in [6, 6.07) is 4.78. The highest BCUT2D eigenvalue weighted by atomic mass is 16.5. The standard InChI is InChI=1S/C23H28N4O5/c1-5-11-32-18-9-8-15(14(4)28)12-16(18)22-24-20-17(6-2)26-27(21(20)23(31)25-22)13(3)7-10-19(29)30/h8-9,12-13H,5-7,10-11H2,1-4H3,(H,29,30)(H,24,25,31). The molecule has 2 N–H and O–H groups in total. The normalized spacial score (nSPS) is 12.1. The van der Waals surface area contributed by atoms with Gasteiger partial charge in [-0.1, -0.05) is 13.8 Å². The summed E-state index contributed by atoms with van der Waals surface area (Å²) in [7, 11) is 0. The van der Waals surface area contributed by atoms with E-state index in [1.54, 1.807) is 22.9 Å². The highest BCUT2D eigenvalue weighted by molar-refractivity contribution is 5.95. The van der Waals surface area contributed by atoms with Gasteiger partial charge in [-0.15, -0.1) is 0 Å². The van der Waals surface area contributed by atoms with Crippen LogP contribution in [-0.2, 0) is 11.2 Å². The number of carbonyl (C=O) groups is 2. The molecule has 9 heteroatoms. The van der Waals surface area contributed by atoms with Gasteiger partial charge in [0, 0.05) is 12.0 Å². The molecular weight excluding hydrogens is 412 g/mol. The second-order valence-electron chi connectivity index (χ2n) is 7.75. The van der Waals surface area contributed by atoms with Crippen molar-refractivity contribution in [3.8, 4) is 17.1 Å². The quantitative estimate of drug-likeness (QED) is 0.459. The number of nitrogens with one attached hydrogen (secondary N) is 1. The van der Waals surface area contributed by atoms with E-state index < -0.39 is 5.97 Å². The van der Waals surface area contributed by atoms with Crippen LogP contribution < -0.4 is 10.3 Å². The van der Waals surface area contributed by atoms with Gasteiger partial charge < -0.3 is 14.8 Å². The molecule has 0 saturated heterocycles. The Morgan fingerprint density at radius 1 is 1.28 bits per heavy atom. The van der Waals surface area contributed by atoms with Crippen molar-refractivity contribution in [2.45, 2.75) is 59.4 Å². The van der Waals surface area contributed by atoms with Crippen LogP contribution in [0.1, 0.15) is 69.1 Å². The second kappa shape index (κ2) is 9.76. The number of hydrogen-bond acceptors (Lipinski definition) is 6. The van der Waals surface area contributed by atoms with E-state index in [1.807, 2.05) is 20.8 Å². The molecule has 1 aromatic carbocycles. The molecule has 1 atom stereocenters. The fraction of sp³-hybridized carbons (Fsp3) is 0.435. The lowest BCUT2D eigenvalue weighted by Gasteiger charge is -2.13. The average molecular weight is 441 g/mol. The van der Waals surface area contributed by atoms with Crippen molar-refractivity contribution in [1.29, 1.82) is 0 Å². The monoisotopic (exact) mass is 440 g/mol. The van der Waals surface area contributed by atoms with Gasteiger partial charge in [0.1, 0.15) is 17.1 Å². The lowest BCUT2D eigenvalue weighted by atomic mass is 10.1. The Hall–Kier alpha value is -3.49. The molecule has 0 aliphatic rings. The molecule has 170 valence electrons. The maximum Gasteiger partial charge on any atom is 0.303 e. The fourth-order valence-corrected chi connectivity index (χ4v) is 3.52. The third-order valence-corrected chi connectivity index (χ3v) is 5.26. The molecule has 32 heavy (non-hydrogen) atoms. The van der Waals surface area contributed by atoms with Crippen molar-refractivity contribution in [3.05, 3.63) is 39.8 Å². The smallest absolute Gasteiger partial charge is 0.303 e. The van der Waals surface area contributed by atoms with Crippen LogP contribution in [0.2, 0.25) is 0 Å². The number of aromatic nitrogens is 4. The number of carboxylic acids is 1. The second-order valence-corrected chi connectivity index (χ2v) is 7.75. The molecule has 3 aromatic rings. The summed E-state index contributed by atoms with van der Waals surface area (Å²) in [4.78, 5) is 43.5. The molecule has 0 radical (unpaired) electrons. The van der Waals surface area contributed by atoms with Gasteiger partial charge in [-0.3, -0.25) is 19.1 Å². The Morgan fingerprint density at radius 2 is 2.03 bits per heavy atom. The molecule has 3 rings (SSSR count). The number of hydrogen-bond donors (Lipinski definition) is 2. The summed E-state index contributed by atoms with van der Waals surface area (Å²) in [5.74, 6) is -0.182. The van der Waals surface area contributed by atoms with Crippen molar-refractivity contribution in [2.24, 2.45) is 0 Å². The van der Waals surface area contributed by atoms with Gasteiger partial charge in [-0.2, -0.15) is 5.10 Å². The number of Topliss-reactive ketones (excluding diaryl/α,β-unsaturated/α-hetero) is 1. The zero-order chi connectivity index (χ0) is 23.4. The number of benzene rings is 1. The minimum atomic E-state index is -0.900. The van der Waals surface area contributed by atoms with Crippen molar-refractivity contribution >= 4 is 22.8 Å². The number of aryl methyl sites for hydroxylation is 1. The third kappa shape index (κ3) is 4.71. The van der Waals surface area contributed by atoms with Crippen LogP contribution in [0.3, 0.4) is 0 Å². The number of ether oxygens (including phenoxy) is 1. The van der Waals surface area contributed by atoms with Crippen molar-refractivity contribution in [3.63, 3.8) is 0 Å². The molecule has 2 heterocycles. The highest BCUT2D eigenvalue weighted by Gasteiger charge is 2.21. The zero-order valence-corrected chi connectivity index (χ0v) is 18.8. The molecule has 2 aromatic heterocycles. The zero-order valence-electron chi connectivity index (χ0n) is 18.8. The minimum absolute atomic E-state index is 0.0244. The van der Waals surface area contributed by atoms with Crippen LogP contribution >= 0.6 is 0 Å². The number of H-pyrrole nitrogens is 1. The van der Waals surface area contributed by atoms with E-state index >= 15 is 0 Å². The number of ketones is 1. The first kappa shape index (κ1) is 23.2. The van der Waals surface area contributed by atoms with Gasteiger partial charge in [0.05, 0.1) is 23.9 Å². The molecule has 0 spiro atoms. The van der Waals surface area contributed by atoms with E-state index in [9.17, 15) is 14.4 Å². The summed E-state index contributed by atoms with van der Waals surface area (Å²) in [5, 5.41) is 13.5. The summed E-state index contributed by atoms with van der Waals surface area (Å²) in [6.45, 7) is 7.70. The number of aromatic amines is 1. The Bertz CT molecular complexity index is 1210. The van der Waals surface area contributed by atoms with E-state index in [-0.39, 0.29) is 23.8 Å². The molecule has 0 aliphatic heterocycles. The highest BCUT2D eigenvalue weighted by Crippen LogP contribution is 2.30. The summed E-state index contributed by atoms with van der Waals surface area (Å²) < 4.78 is 7.39. The first-order chi connectivity index (χ1) is 15.3. The van der Waals surface area contributed by atoms with Gasteiger partial charge in [0.25, 0.3) is 5.56 Å². The summed E-state index contributed by atoms with van der Waals surface area (Å²) >= 11 is 0. The maximum absolute atomic E-state index is 13.1. The van der Waals surface area contributed by atoms with Gasteiger partial charge in [0.2, 0.25) is 0 Å². The Labute approximate surface area is 185 Å². The van der Waals surface area contributed by atoms with Crippen molar-refractivity contribution in [2.75, 3.05) is 6.61 Å². The van der Waals surface area contributed by atoms with E-state index in [0.717, 1.165) is 6.42 Å². The first-order valence-corrected chi connectivity index (χ1v) is 10.8. The van der Waals surface area contributed by atoms with Gasteiger partial charge in [-0.05, 0) is 51.3 Å². The van der Waals surface area contributed by atoms with E-state index in [4.69, 9.17) is 14.8 Å². The molecule has 1 unspecified atom stereocenters. The molecule has 0 saturated carbocycles. The number of fused-ring (bicyclic) bond motifs is 1. The minimum Gasteiger partial charge on any atom is -0.493 e. The van der Waals surface area contributed by atoms with Crippen LogP contribution in [0.4, 0.5) is 0 Å². The third-order valence-electron chi connectivity index (χ3n) is 5.26. The van der Waals surface area contributed by atoms with E-state index in [1.165, 1.54) is 6.92 Å². The average Bonchev–Trinajstić information content (AvgIpc) is 3.15. The number of nitrogens with zero attached hydrogens (tertiary/aromatic N) is 3. The van der Waals surface area contributed by atoms with Gasteiger partial charge in [0.15, 0.2) is 11.3 Å². The lowest BCUT2D eigenvalue weighted by Crippen LogP contribution is -2.17. The Balaban J connectivity index is 2.18. The number of carbonyl (C=O) groups excluding carboxylic acids is 1. The number of aliphatic carboxylic acids is 1. The Morgan fingerprint density at radius 3 is 2.66 bits per heavy atom. The van der Waals surface area contributed by atoms with E-state index in [0.29, 0.717) is 58.9 Å². The molecule has 0 fully saturated rings. The van der Waals surface area contributed by atoms with Crippen molar-refractivity contribution in [1.82, 2.24) is 19.7 Å². The topological polar surface area (TPSA) is 127 Å². The van der Waals surface area contributed by atoms with Crippen LogP contribution in [0.25, 0.3) is 22.4 Å². The van der Waals surface area contributed by atoms with E-state index in [2.05, 4.69) is 10.1 Å². The predicted molar refractivity (Wildman–Crippen MR) is 120 cm³/mol. The van der Waals surface area contributed by atoms with Crippen LogP contribution in [0, 0.1) is 0 Å². The van der Waals surface area contributed by atoms with Gasteiger partial charge in [-0.25, -0.2) is 4.98 Å². The molecule has 0 amide bonds. The lowest BCUT2D eigenvalue weighted by molar-refractivity contribution is -0.137. The molecule has 0 aliphatic carbocycles. The van der Waals surface area contributed by atoms with Crippen LogP contribution in [-0.4, -0.2) is 43.2 Å². The Kier molecular flexibility index (Phi) is 7.07. The number of rotatable bonds is 10. The summed E-state index contributed by atoms with van der Waals surface area (Å²) in [6.07, 6.45) is 1.67.